The number of aryl methyl sites for hydroxylation is 1. The molecule has 2 rings (SSSR count). The van der Waals surface area contributed by atoms with E-state index >= 15 is 0 Å². The van der Waals surface area contributed by atoms with Crippen molar-refractivity contribution in [2.75, 3.05) is 19.3 Å². The van der Waals surface area contributed by atoms with Gasteiger partial charge in [0.1, 0.15) is 11.9 Å². The predicted octanol–water partition coefficient (Wildman–Crippen LogP) is 1.32. The highest BCUT2D eigenvalue weighted by Gasteiger charge is 2.33. The van der Waals surface area contributed by atoms with E-state index in [-0.39, 0.29) is 23.7 Å². The number of rotatable bonds is 3. The van der Waals surface area contributed by atoms with Crippen LogP contribution in [-0.4, -0.2) is 36.1 Å². The van der Waals surface area contributed by atoms with E-state index in [0.717, 1.165) is 5.56 Å². The molecule has 1 atom stereocenters. The van der Waals surface area contributed by atoms with Gasteiger partial charge in [-0.25, -0.2) is 0 Å². The molecule has 1 aliphatic rings. The minimum Gasteiger partial charge on any atom is -0.358 e. The third-order valence-electron chi connectivity index (χ3n) is 2.92. The van der Waals surface area contributed by atoms with E-state index < -0.39 is 0 Å². The molecule has 5 heteroatoms. The van der Waals surface area contributed by atoms with Crippen molar-refractivity contribution >= 4 is 23.6 Å². The van der Waals surface area contributed by atoms with Crippen molar-refractivity contribution < 1.29 is 9.59 Å². The molecule has 1 saturated heterocycles. The van der Waals surface area contributed by atoms with Gasteiger partial charge in [0.15, 0.2) is 0 Å². The first-order valence-corrected chi connectivity index (χ1v) is 6.85. The molecule has 1 heterocycles. The highest BCUT2D eigenvalue weighted by atomic mass is 32.2. The lowest BCUT2D eigenvalue weighted by Crippen LogP contribution is -2.37. The molecule has 0 saturated carbocycles. The maximum absolute atomic E-state index is 11.8. The van der Waals surface area contributed by atoms with E-state index in [9.17, 15) is 9.59 Å². The van der Waals surface area contributed by atoms with Gasteiger partial charge in [0.2, 0.25) is 11.8 Å². The fraction of sp³-hybridized carbons (Fsp3) is 0.385. The Morgan fingerprint density at radius 1 is 1.44 bits per heavy atom. The molecule has 0 unspecified atom stereocenters. The predicted molar refractivity (Wildman–Crippen MR) is 72.2 cm³/mol. The summed E-state index contributed by atoms with van der Waals surface area (Å²) in [5, 5.41) is 2.51. The van der Waals surface area contributed by atoms with Gasteiger partial charge in [0.25, 0.3) is 0 Å². The smallest absolute Gasteiger partial charge is 0.239 e. The zero-order chi connectivity index (χ0) is 13.1. The Kier molecular flexibility index (Phi) is 3.91. The second-order valence-corrected chi connectivity index (χ2v) is 5.34. The van der Waals surface area contributed by atoms with Gasteiger partial charge in [0.05, 0.1) is 5.75 Å². The van der Waals surface area contributed by atoms with Crippen molar-refractivity contribution in [3.63, 3.8) is 0 Å². The van der Waals surface area contributed by atoms with Crippen LogP contribution in [0.15, 0.2) is 24.3 Å². The van der Waals surface area contributed by atoms with Crippen LogP contribution in [0.5, 0.6) is 0 Å². The number of hydrogen-bond acceptors (Lipinski definition) is 3. The molecule has 96 valence electrons. The van der Waals surface area contributed by atoms with Gasteiger partial charge >= 0.3 is 0 Å². The summed E-state index contributed by atoms with van der Waals surface area (Å²) in [5.41, 5.74) is 2.26. The largest absolute Gasteiger partial charge is 0.358 e. The molecule has 1 aromatic rings. The molecule has 1 aromatic carbocycles. The first-order chi connectivity index (χ1) is 8.61. The molecule has 1 aliphatic heterocycles. The number of carbonyl (C=O) groups excluding carboxylic acids is 2. The van der Waals surface area contributed by atoms with Gasteiger partial charge in [-0.2, -0.15) is 0 Å². The lowest BCUT2D eigenvalue weighted by molar-refractivity contribution is -0.133. The zero-order valence-electron chi connectivity index (χ0n) is 10.5. The number of hydrogen-bond donors (Lipinski definition) is 1. The monoisotopic (exact) mass is 264 g/mol. The Labute approximate surface area is 111 Å². The third kappa shape index (κ3) is 2.67. The van der Waals surface area contributed by atoms with Crippen molar-refractivity contribution in [1.82, 2.24) is 10.2 Å². The molecular weight excluding hydrogens is 248 g/mol. The molecule has 1 N–H and O–H groups in total. The fourth-order valence-electron chi connectivity index (χ4n) is 1.87. The molecule has 0 bridgehead atoms. The highest BCUT2D eigenvalue weighted by molar-refractivity contribution is 8.00. The van der Waals surface area contributed by atoms with E-state index in [2.05, 4.69) is 5.32 Å². The van der Waals surface area contributed by atoms with Crippen molar-refractivity contribution in [2.24, 2.45) is 0 Å². The van der Waals surface area contributed by atoms with Crippen LogP contribution >= 0.6 is 11.8 Å². The summed E-state index contributed by atoms with van der Waals surface area (Å²) in [7, 11) is 1.58. The number of carbonyl (C=O) groups is 2. The Balaban J connectivity index is 2.18. The van der Waals surface area contributed by atoms with Crippen LogP contribution in [0, 0.1) is 6.92 Å². The van der Waals surface area contributed by atoms with Crippen molar-refractivity contribution in [3.8, 4) is 0 Å². The average Bonchev–Trinajstić information content (AvgIpc) is 2.72. The van der Waals surface area contributed by atoms with Gasteiger partial charge in [-0.05, 0) is 12.5 Å². The van der Waals surface area contributed by atoms with Gasteiger partial charge in [-0.1, -0.05) is 29.8 Å². The number of likely N-dealkylation sites (N-methyl/N-ethyl adjacent to an activating group) is 1. The Bertz CT molecular complexity index is 459. The molecule has 0 spiro atoms. The van der Waals surface area contributed by atoms with Gasteiger partial charge < -0.3 is 10.2 Å². The summed E-state index contributed by atoms with van der Waals surface area (Å²) in [6.45, 7) is 2.15. The number of nitrogens with zero attached hydrogens (tertiary/aromatic N) is 1. The maximum Gasteiger partial charge on any atom is 0.239 e. The van der Waals surface area contributed by atoms with Gasteiger partial charge in [-0.15, -0.1) is 11.8 Å². The molecule has 1 fully saturated rings. The van der Waals surface area contributed by atoms with Crippen LogP contribution < -0.4 is 5.32 Å². The SMILES string of the molecule is CNC(=O)CN1C(=O)CS[C@@H]1c1ccc(C)cc1. The minimum absolute atomic E-state index is 0.0224. The van der Waals surface area contributed by atoms with Crippen LogP contribution in [0.4, 0.5) is 0 Å². The van der Waals surface area contributed by atoms with Crippen LogP contribution in [0.25, 0.3) is 0 Å². The first-order valence-electron chi connectivity index (χ1n) is 5.80. The van der Waals surface area contributed by atoms with Crippen LogP contribution in [0.3, 0.4) is 0 Å². The van der Waals surface area contributed by atoms with Gasteiger partial charge in [-0.3, -0.25) is 9.59 Å². The number of nitrogens with one attached hydrogen (secondary N) is 1. The molecule has 0 radical (unpaired) electrons. The second-order valence-electron chi connectivity index (χ2n) is 4.27. The van der Waals surface area contributed by atoms with Crippen molar-refractivity contribution in [2.45, 2.75) is 12.3 Å². The lowest BCUT2D eigenvalue weighted by atomic mass is 10.1. The molecule has 0 aromatic heterocycles. The minimum atomic E-state index is -0.136. The lowest BCUT2D eigenvalue weighted by Gasteiger charge is -2.23. The second kappa shape index (κ2) is 5.44. The summed E-state index contributed by atoms with van der Waals surface area (Å²) in [6, 6.07) is 8.08. The number of thioether (sulfide) groups is 1. The zero-order valence-corrected chi connectivity index (χ0v) is 11.3. The van der Waals surface area contributed by atoms with E-state index in [1.54, 1.807) is 23.7 Å². The summed E-state index contributed by atoms with van der Waals surface area (Å²) in [6.07, 6.45) is 0. The Morgan fingerprint density at radius 3 is 2.72 bits per heavy atom. The maximum atomic E-state index is 11.8. The van der Waals surface area contributed by atoms with Crippen LogP contribution in [0.2, 0.25) is 0 Å². The third-order valence-corrected chi connectivity index (χ3v) is 4.18. The van der Waals surface area contributed by atoms with Crippen molar-refractivity contribution in [1.29, 1.82) is 0 Å². The summed E-state index contributed by atoms with van der Waals surface area (Å²) < 4.78 is 0. The molecule has 2 amide bonds. The normalized spacial score (nSPS) is 19.1. The standard InChI is InChI=1S/C13H16N2O2S/c1-9-3-5-10(6-4-9)13-15(7-11(16)14-2)12(17)8-18-13/h3-6,13H,7-8H2,1-2H3,(H,14,16)/t13-/m1/s1. The van der Waals surface area contributed by atoms with Crippen LogP contribution in [-0.2, 0) is 9.59 Å². The fourth-order valence-corrected chi connectivity index (χ4v) is 3.05. The van der Waals surface area contributed by atoms with E-state index in [4.69, 9.17) is 0 Å². The van der Waals surface area contributed by atoms with Crippen molar-refractivity contribution in [3.05, 3.63) is 35.4 Å². The quantitative estimate of drug-likeness (QED) is 0.895. The molecule has 18 heavy (non-hydrogen) atoms. The average molecular weight is 264 g/mol. The number of amides is 2. The Hall–Kier alpha value is -1.49. The summed E-state index contributed by atoms with van der Waals surface area (Å²) >= 11 is 1.57. The summed E-state index contributed by atoms with van der Waals surface area (Å²) in [5.74, 6) is 0.326. The topological polar surface area (TPSA) is 49.4 Å². The molecule has 4 nitrogen and oxygen atoms in total. The molecular formula is C13H16N2O2S. The van der Waals surface area contributed by atoms with E-state index in [1.165, 1.54) is 5.56 Å². The highest BCUT2D eigenvalue weighted by Crippen LogP contribution is 2.38. The summed E-state index contributed by atoms with van der Waals surface area (Å²) in [4.78, 5) is 24.9. The van der Waals surface area contributed by atoms with Gasteiger partial charge in [0, 0.05) is 7.05 Å². The van der Waals surface area contributed by atoms with E-state index in [0.29, 0.717) is 5.75 Å². The first kappa shape index (κ1) is 13.0. The number of benzene rings is 1. The van der Waals surface area contributed by atoms with Crippen LogP contribution in [0.1, 0.15) is 16.5 Å². The van der Waals surface area contributed by atoms with E-state index in [1.807, 2.05) is 31.2 Å². The molecule has 0 aliphatic carbocycles. The Morgan fingerprint density at radius 2 is 2.11 bits per heavy atom.